The molecule has 0 bridgehead atoms. The van der Waals surface area contributed by atoms with E-state index in [1.54, 1.807) is 11.8 Å². The van der Waals surface area contributed by atoms with Gasteiger partial charge in [-0.2, -0.15) is 16.8 Å². The number of hydrogen-bond acceptors (Lipinski definition) is 3. The van der Waals surface area contributed by atoms with E-state index >= 15 is 0 Å². The molecule has 15 heavy (non-hydrogen) atoms. The predicted octanol–water partition coefficient (Wildman–Crippen LogP) is 2.63. The van der Waals surface area contributed by atoms with Crippen LogP contribution in [0.1, 0.15) is 25.7 Å². The summed E-state index contributed by atoms with van der Waals surface area (Å²) in [5, 5.41) is 0. The molecular weight excluding hydrogens is 220 g/mol. The van der Waals surface area contributed by atoms with Gasteiger partial charge in [-0.25, -0.2) is 13.6 Å². The van der Waals surface area contributed by atoms with Crippen molar-refractivity contribution in [2.24, 2.45) is 10.9 Å². The fourth-order valence-corrected chi connectivity index (χ4v) is 3.86. The Kier molecular flexibility index (Phi) is 2.86. The highest BCUT2D eigenvalue weighted by Gasteiger charge is 2.60. The molecule has 1 aliphatic carbocycles. The second kappa shape index (κ2) is 3.87. The second-order valence-electron chi connectivity index (χ2n) is 4.43. The molecule has 5 heteroatoms. The molecular formula is C10H13F2NOS. The van der Waals surface area contributed by atoms with Crippen LogP contribution in [0.15, 0.2) is 4.99 Å². The lowest BCUT2D eigenvalue weighted by atomic mass is 9.65. The van der Waals surface area contributed by atoms with Gasteiger partial charge in [0.15, 0.2) is 0 Å². The van der Waals surface area contributed by atoms with Gasteiger partial charge in [0.25, 0.3) is 5.92 Å². The van der Waals surface area contributed by atoms with E-state index in [0.717, 1.165) is 24.3 Å². The number of isocyanates is 1. The Morgan fingerprint density at radius 1 is 1.40 bits per heavy atom. The van der Waals surface area contributed by atoms with Crippen LogP contribution in [-0.4, -0.2) is 29.0 Å². The van der Waals surface area contributed by atoms with Gasteiger partial charge >= 0.3 is 0 Å². The molecule has 1 saturated heterocycles. The average Bonchev–Trinajstić information content (AvgIpc) is 2.16. The second-order valence-corrected chi connectivity index (χ2v) is 5.58. The van der Waals surface area contributed by atoms with Crippen LogP contribution < -0.4 is 0 Å². The molecule has 2 fully saturated rings. The van der Waals surface area contributed by atoms with Crippen LogP contribution in [0.3, 0.4) is 0 Å². The summed E-state index contributed by atoms with van der Waals surface area (Å²) >= 11 is 1.77. The first-order valence-electron chi connectivity index (χ1n) is 5.13. The average molecular weight is 233 g/mol. The van der Waals surface area contributed by atoms with Crippen LogP contribution in [0, 0.1) is 5.92 Å². The number of nitrogens with zero attached hydrogens (tertiary/aromatic N) is 1. The van der Waals surface area contributed by atoms with Gasteiger partial charge in [-0.1, -0.05) is 0 Å². The van der Waals surface area contributed by atoms with Crippen molar-refractivity contribution >= 4 is 17.8 Å². The topological polar surface area (TPSA) is 29.4 Å². The van der Waals surface area contributed by atoms with Crippen molar-refractivity contribution in [3.05, 3.63) is 0 Å². The summed E-state index contributed by atoms with van der Waals surface area (Å²) in [4.78, 5) is 14.0. The molecule has 1 heterocycles. The Morgan fingerprint density at radius 3 is 2.60 bits per heavy atom. The highest BCUT2D eigenvalue weighted by molar-refractivity contribution is 7.99. The summed E-state index contributed by atoms with van der Waals surface area (Å²) in [6.07, 6.45) is 2.90. The first-order valence-corrected chi connectivity index (χ1v) is 6.28. The molecule has 0 radical (unpaired) electrons. The fourth-order valence-electron chi connectivity index (χ4n) is 2.56. The number of aliphatic imine (C=N–C) groups is 1. The molecule has 0 aromatic rings. The zero-order chi connectivity index (χ0) is 10.9. The summed E-state index contributed by atoms with van der Waals surface area (Å²) in [7, 11) is 0. The normalized spacial score (nSPS) is 32.5. The maximum atomic E-state index is 12.9. The molecule has 1 unspecified atom stereocenters. The molecule has 0 aromatic heterocycles. The first-order chi connectivity index (χ1) is 7.08. The van der Waals surface area contributed by atoms with Gasteiger partial charge in [0.1, 0.15) is 0 Å². The first kappa shape index (κ1) is 11.1. The molecule has 1 aliphatic heterocycles. The quantitative estimate of drug-likeness (QED) is 0.542. The number of hydrogen-bond donors (Lipinski definition) is 0. The molecule has 1 atom stereocenters. The number of halogens is 2. The van der Waals surface area contributed by atoms with Crippen LogP contribution in [0.25, 0.3) is 0 Å². The van der Waals surface area contributed by atoms with Gasteiger partial charge < -0.3 is 0 Å². The summed E-state index contributed by atoms with van der Waals surface area (Å²) in [6.45, 7) is 0. The Balaban J connectivity index is 2.10. The van der Waals surface area contributed by atoms with Gasteiger partial charge in [-0.15, -0.1) is 0 Å². The maximum Gasteiger partial charge on any atom is 0.252 e. The lowest BCUT2D eigenvalue weighted by molar-refractivity contribution is -0.136. The lowest BCUT2D eigenvalue weighted by Gasteiger charge is -2.49. The van der Waals surface area contributed by atoms with E-state index in [-0.39, 0.29) is 18.8 Å². The van der Waals surface area contributed by atoms with Crippen molar-refractivity contribution < 1.29 is 13.6 Å². The summed E-state index contributed by atoms with van der Waals surface area (Å²) in [6, 6.07) is 0. The van der Waals surface area contributed by atoms with Crippen molar-refractivity contribution in [3.8, 4) is 0 Å². The highest BCUT2D eigenvalue weighted by Crippen LogP contribution is 2.54. The van der Waals surface area contributed by atoms with Crippen molar-refractivity contribution in [2.45, 2.75) is 37.1 Å². The zero-order valence-corrected chi connectivity index (χ0v) is 9.16. The van der Waals surface area contributed by atoms with E-state index in [1.807, 2.05) is 0 Å². The van der Waals surface area contributed by atoms with Gasteiger partial charge in [0.05, 0.1) is 5.54 Å². The molecule has 0 aromatic carbocycles. The van der Waals surface area contributed by atoms with Gasteiger partial charge in [-0.3, -0.25) is 0 Å². The van der Waals surface area contributed by atoms with Crippen LogP contribution in [0.4, 0.5) is 8.78 Å². The van der Waals surface area contributed by atoms with Crippen molar-refractivity contribution in [2.75, 3.05) is 11.5 Å². The Labute approximate surface area is 91.5 Å². The predicted molar refractivity (Wildman–Crippen MR) is 55.1 cm³/mol. The highest BCUT2D eigenvalue weighted by atomic mass is 32.2. The lowest BCUT2D eigenvalue weighted by Crippen LogP contribution is -2.56. The smallest absolute Gasteiger partial charge is 0.211 e. The summed E-state index contributed by atoms with van der Waals surface area (Å²) in [5.41, 5.74) is -0.793. The van der Waals surface area contributed by atoms with Crippen LogP contribution in [0.2, 0.25) is 0 Å². The fraction of sp³-hybridized carbons (Fsp3) is 0.900. The minimum absolute atomic E-state index is 0.136. The molecule has 0 amide bonds. The number of carbonyl (C=O) groups excluding carboxylic acids is 1. The molecule has 2 nitrogen and oxygen atoms in total. The standard InChI is InChI=1S/C10H13F2NOS/c11-10(12)5-9(6-10,13-7-14)8-2-1-3-15-4-8/h8H,1-6H2. The molecule has 2 rings (SSSR count). The van der Waals surface area contributed by atoms with Gasteiger partial charge in [-0.05, 0) is 30.3 Å². The summed E-state index contributed by atoms with van der Waals surface area (Å²) in [5.74, 6) is -0.547. The van der Waals surface area contributed by atoms with E-state index in [4.69, 9.17) is 0 Å². The Bertz CT molecular complexity index is 288. The minimum atomic E-state index is -2.62. The third-order valence-corrected chi connectivity index (χ3v) is 4.53. The Morgan fingerprint density at radius 2 is 2.13 bits per heavy atom. The number of rotatable bonds is 2. The molecule has 2 aliphatic rings. The summed E-state index contributed by atoms with van der Waals surface area (Å²) < 4.78 is 25.8. The third kappa shape index (κ3) is 2.08. The van der Waals surface area contributed by atoms with E-state index in [1.165, 1.54) is 6.08 Å². The molecule has 84 valence electrons. The Hall–Kier alpha value is -0.410. The van der Waals surface area contributed by atoms with Crippen LogP contribution in [0.5, 0.6) is 0 Å². The minimum Gasteiger partial charge on any atom is -0.211 e. The van der Waals surface area contributed by atoms with Crippen molar-refractivity contribution in [3.63, 3.8) is 0 Å². The molecule has 1 saturated carbocycles. The van der Waals surface area contributed by atoms with Gasteiger partial charge in [0.2, 0.25) is 6.08 Å². The zero-order valence-electron chi connectivity index (χ0n) is 8.34. The van der Waals surface area contributed by atoms with Crippen LogP contribution in [-0.2, 0) is 4.79 Å². The van der Waals surface area contributed by atoms with Crippen LogP contribution >= 0.6 is 11.8 Å². The van der Waals surface area contributed by atoms with E-state index in [9.17, 15) is 13.6 Å². The number of alkyl halides is 2. The maximum absolute atomic E-state index is 12.9. The van der Waals surface area contributed by atoms with E-state index in [0.29, 0.717) is 0 Å². The van der Waals surface area contributed by atoms with Crippen molar-refractivity contribution in [1.29, 1.82) is 0 Å². The van der Waals surface area contributed by atoms with E-state index in [2.05, 4.69) is 4.99 Å². The van der Waals surface area contributed by atoms with Gasteiger partial charge in [0, 0.05) is 12.8 Å². The molecule has 0 spiro atoms. The monoisotopic (exact) mass is 233 g/mol. The third-order valence-electron chi connectivity index (χ3n) is 3.32. The van der Waals surface area contributed by atoms with Crippen molar-refractivity contribution in [1.82, 2.24) is 0 Å². The number of thioether (sulfide) groups is 1. The molecule has 0 N–H and O–H groups in total. The SMILES string of the molecule is O=C=NC1(C2CCCSC2)CC(F)(F)C1. The van der Waals surface area contributed by atoms with E-state index < -0.39 is 11.5 Å². The largest absolute Gasteiger partial charge is 0.252 e.